The van der Waals surface area contributed by atoms with E-state index >= 15 is 0 Å². The number of nitrogens with zero attached hydrogens (tertiary/aromatic N) is 1. The van der Waals surface area contributed by atoms with Gasteiger partial charge in [-0.25, -0.2) is 14.2 Å². The van der Waals surface area contributed by atoms with Gasteiger partial charge in [0.2, 0.25) is 0 Å². The van der Waals surface area contributed by atoms with Crippen molar-refractivity contribution in [2.45, 2.75) is 0 Å². The molecule has 112 valence electrons. The zero-order valence-electron chi connectivity index (χ0n) is 10.7. The number of ether oxygens (including phenoxy) is 1. The van der Waals surface area contributed by atoms with Crippen LogP contribution in [0.15, 0.2) is 18.2 Å². The Hall–Kier alpha value is -0.414. The second-order valence-corrected chi connectivity index (χ2v) is 4.79. The van der Waals surface area contributed by atoms with Gasteiger partial charge in [0.15, 0.2) is 17.3 Å². The van der Waals surface area contributed by atoms with Crippen LogP contribution in [-0.2, 0) is 0 Å². The molecule has 0 radical (unpaired) electrons. The fourth-order valence-corrected chi connectivity index (χ4v) is 2.15. The summed E-state index contributed by atoms with van der Waals surface area (Å²) in [5, 5.41) is 8.91. The minimum atomic E-state index is -1.37. The Morgan fingerprint density at radius 1 is 1.41 bits per heavy atom. The molecule has 0 saturated heterocycles. The molecule has 0 unspecified atom stereocenters. The van der Waals surface area contributed by atoms with E-state index in [1.54, 1.807) is 0 Å². The number of anilines is 1. The van der Waals surface area contributed by atoms with Gasteiger partial charge >= 0.3 is 57.4 Å². The number of hydrogen-bond donors (Lipinski definition) is 2. The predicted octanol–water partition coefficient (Wildman–Crippen LogP) is 2.83. The van der Waals surface area contributed by atoms with Crippen LogP contribution >= 0.6 is 23.2 Å². The fourth-order valence-electron chi connectivity index (χ4n) is 1.75. The van der Waals surface area contributed by atoms with Gasteiger partial charge in [-0.2, -0.15) is 0 Å². The van der Waals surface area contributed by atoms with Gasteiger partial charge in [0.05, 0.1) is 28.5 Å². The number of nitrogen functional groups attached to an aromatic ring is 1. The number of carboxylic acid groups (broad SMARTS) is 1. The molecule has 2 aromatic rings. The Balaban J connectivity index is 0.00000242. The average Bonchev–Trinajstić information content (AvgIpc) is 2.42. The fraction of sp³-hybridized carbons (Fsp3) is 0.0769. The number of carboxylic acids is 1. The first-order chi connectivity index (χ1) is 9.86. The topological polar surface area (TPSA) is 85.4 Å². The first-order valence-electron chi connectivity index (χ1n) is 5.58. The van der Waals surface area contributed by atoms with Crippen molar-refractivity contribution in [1.29, 1.82) is 0 Å². The second-order valence-electron chi connectivity index (χ2n) is 4.01. The number of nitrogens with two attached hydrogens (primary N) is 1. The molecule has 3 N–H and O–H groups in total. The molecule has 0 aliphatic carbocycles. The monoisotopic (exact) mass is 370 g/mol. The molecule has 0 saturated carbocycles. The van der Waals surface area contributed by atoms with Crippen LogP contribution in [0.1, 0.15) is 10.5 Å². The third-order valence-electron chi connectivity index (χ3n) is 2.72. The van der Waals surface area contributed by atoms with Crippen LogP contribution in [0, 0.1) is 5.82 Å². The van der Waals surface area contributed by atoms with Gasteiger partial charge in [-0.3, -0.25) is 0 Å². The predicted molar refractivity (Wildman–Crippen MR) is 84.7 cm³/mol. The normalized spacial score (nSPS) is 10.0. The van der Waals surface area contributed by atoms with E-state index in [1.165, 1.54) is 25.3 Å². The zero-order chi connectivity index (χ0) is 15.7. The number of carbonyl (C=O) groups is 1. The van der Waals surface area contributed by atoms with E-state index in [2.05, 4.69) is 4.98 Å². The number of pyridine rings is 1. The average molecular weight is 371 g/mol. The summed E-state index contributed by atoms with van der Waals surface area (Å²) in [5.74, 6) is -2.30. The van der Waals surface area contributed by atoms with Crippen molar-refractivity contribution in [2.75, 3.05) is 12.8 Å². The third kappa shape index (κ3) is 3.73. The van der Waals surface area contributed by atoms with Gasteiger partial charge in [-0.05, 0) is 18.2 Å². The van der Waals surface area contributed by atoms with Crippen molar-refractivity contribution in [3.05, 3.63) is 39.8 Å². The van der Waals surface area contributed by atoms with Crippen LogP contribution in [-0.4, -0.2) is 74.6 Å². The number of halogens is 3. The van der Waals surface area contributed by atoms with E-state index in [9.17, 15) is 9.18 Å². The summed E-state index contributed by atoms with van der Waals surface area (Å²) in [6.07, 6.45) is 0. The molecule has 2 rings (SSSR count). The maximum absolute atomic E-state index is 14.3. The Kier molecular flexibility index (Phi) is 7.06. The first-order valence-corrected chi connectivity index (χ1v) is 6.34. The van der Waals surface area contributed by atoms with Crippen LogP contribution < -0.4 is 10.5 Å². The molecule has 1 aromatic heterocycles. The number of hydrogen-bond acceptors (Lipinski definition) is 4. The summed E-state index contributed by atoms with van der Waals surface area (Å²) >= 11 is 11.6. The van der Waals surface area contributed by atoms with Crippen molar-refractivity contribution in [2.24, 2.45) is 0 Å². The Morgan fingerprint density at radius 3 is 2.59 bits per heavy atom. The zero-order valence-corrected chi connectivity index (χ0v) is 12.2. The van der Waals surface area contributed by atoms with Gasteiger partial charge in [0.1, 0.15) is 0 Å². The first kappa shape index (κ1) is 19.6. The van der Waals surface area contributed by atoms with Gasteiger partial charge in [-0.15, -0.1) is 0 Å². The molecule has 9 heteroatoms. The number of benzene rings is 1. The van der Waals surface area contributed by atoms with E-state index in [0.717, 1.165) is 0 Å². The van der Waals surface area contributed by atoms with Crippen LogP contribution in [0.5, 0.6) is 5.75 Å². The summed E-state index contributed by atoms with van der Waals surface area (Å²) in [6.45, 7) is 0. The molecule has 5 nitrogen and oxygen atoms in total. The van der Waals surface area contributed by atoms with Crippen molar-refractivity contribution < 1.29 is 19.0 Å². The van der Waals surface area contributed by atoms with E-state index in [1.807, 2.05) is 0 Å². The molecule has 0 aliphatic rings. The van der Waals surface area contributed by atoms with E-state index < -0.39 is 17.5 Å². The Bertz CT molecular complexity index is 744. The number of methoxy groups -OCH3 is 1. The van der Waals surface area contributed by atoms with E-state index in [-0.39, 0.29) is 84.1 Å². The van der Waals surface area contributed by atoms with Crippen LogP contribution in [0.25, 0.3) is 11.3 Å². The van der Waals surface area contributed by atoms with Crippen molar-refractivity contribution >= 4 is 86.2 Å². The molecular weight excluding hydrogens is 361 g/mol. The van der Waals surface area contributed by atoms with Gasteiger partial charge in [0, 0.05) is 5.56 Å². The van der Waals surface area contributed by atoms with Crippen LogP contribution in [0.2, 0.25) is 10.0 Å². The molecular formula is C13H10Cl2FKN2O3. The second kappa shape index (κ2) is 7.92. The molecule has 0 atom stereocenters. The molecule has 1 heterocycles. The van der Waals surface area contributed by atoms with Gasteiger partial charge in [-0.1, -0.05) is 23.2 Å². The molecule has 1 aromatic carbocycles. The number of rotatable bonds is 3. The van der Waals surface area contributed by atoms with Crippen molar-refractivity contribution in [3.63, 3.8) is 0 Å². The van der Waals surface area contributed by atoms with Crippen molar-refractivity contribution in [3.8, 4) is 17.0 Å². The number of aromatic nitrogens is 1. The Labute approximate surface area is 178 Å². The Morgan fingerprint density at radius 2 is 2.05 bits per heavy atom. The third-order valence-corrected chi connectivity index (χ3v) is 3.41. The molecule has 0 aliphatic heterocycles. The summed E-state index contributed by atoms with van der Waals surface area (Å²) < 4.78 is 19.2. The SMILES string of the molecule is COc1c(Cl)ccc(-c2cc(N)c(Cl)c(C(=O)O)n2)c1F.[KH]. The summed E-state index contributed by atoms with van der Waals surface area (Å²) in [5.41, 5.74) is 5.17. The van der Waals surface area contributed by atoms with Gasteiger partial charge < -0.3 is 15.6 Å². The van der Waals surface area contributed by atoms with Crippen LogP contribution in [0.4, 0.5) is 10.1 Å². The summed E-state index contributed by atoms with van der Waals surface area (Å²) in [6, 6.07) is 4.04. The molecule has 0 spiro atoms. The van der Waals surface area contributed by atoms with Crippen LogP contribution in [0.3, 0.4) is 0 Å². The molecule has 22 heavy (non-hydrogen) atoms. The van der Waals surface area contributed by atoms with Gasteiger partial charge in [0.25, 0.3) is 0 Å². The van der Waals surface area contributed by atoms with E-state index in [4.69, 9.17) is 38.8 Å². The standard InChI is InChI=1S/C13H9Cl2FN2O3.K.H/c1-21-12-6(14)3-2-5(10(12)16)8-4-7(17)9(15)11(18-8)13(19)20;;/h2-4H,1H3,(H2,17,18)(H,19,20);;. The molecule has 0 amide bonds. The molecule has 0 bridgehead atoms. The summed E-state index contributed by atoms with van der Waals surface area (Å²) in [7, 11) is 1.26. The number of aromatic carboxylic acids is 1. The quantitative estimate of drug-likeness (QED) is 0.811. The van der Waals surface area contributed by atoms with E-state index in [0.29, 0.717) is 0 Å². The van der Waals surface area contributed by atoms with Crippen molar-refractivity contribution in [1.82, 2.24) is 4.98 Å². The summed E-state index contributed by atoms with van der Waals surface area (Å²) in [4.78, 5) is 14.9. The molecule has 0 fully saturated rings. The maximum atomic E-state index is 14.3. The minimum absolute atomic E-state index is 0.